The maximum absolute atomic E-state index is 4.58. The number of hydrogen-bond donors (Lipinski definition) is 2. The average molecular weight is 341 g/mol. The normalized spacial score (nSPS) is 15.9. The van der Waals surface area contributed by atoms with Crippen molar-refractivity contribution in [3.05, 3.63) is 30.6 Å². The molecule has 1 aliphatic heterocycles. The van der Waals surface area contributed by atoms with E-state index in [0.29, 0.717) is 5.95 Å². The van der Waals surface area contributed by atoms with E-state index < -0.39 is 0 Å². The summed E-state index contributed by atoms with van der Waals surface area (Å²) in [7, 11) is 2.18. The average Bonchev–Trinajstić information content (AvgIpc) is 2.64. The Morgan fingerprint density at radius 3 is 2.68 bits per heavy atom. The first-order chi connectivity index (χ1) is 12.2. The summed E-state index contributed by atoms with van der Waals surface area (Å²) in [4.78, 5) is 18.2. The topological polar surface area (TPSA) is 69.2 Å². The van der Waals surface area contributed by atoms with Gasteiger partial charge in [0, 0.05) is 69.8 Å². The Morgan fingerprint density at radius 1 is 1.12 bits per heavy atom. The number of aromatic nitrogens is 3. The van der Waals surface area contributed by atoms with Gasteiger partial charge >= 0.3 is 0 Å². The molecule has 0 aromatic carbocycles. The molecule has 1 fully saturated rings. The van der Waals surface area contributed by atoms with Gasteiger partial charge < -0.3 is 15.5 Å². The number of rotatable bonds is 7. The molecule has 0 atom stereocenters. The molecule has 3 heterocycles. The molecule has 2 aromatic rings. The van der Waals surface area contributed by atoms with Crippen LogP contribution in [0.4, 0.5) is 11.8 Å². The van der Waals surface area contributed by atoms with Crippen molar-refractivity contribution < 1.29 is 0 Å². The van der Waals surface area contributed by atoms with Gasteiger partial charge in [0.05, 0.1) is 5.69 Å². The second-order valence-electron chi connectivity index (χ2n) is 6.31. The highest BCUT2D eigenvalue weighted by Gasteiger charge is 2.13. The number of hydrogen-bond acceptors (Lipinski definition) is 7. The van der Waals surface area contributed by atoms with E-state index in [9.17, 15) is 0 Å². The zero-order valence-corrected chi connectivity index (χ0v) is 15.1. The number of nitrogens with zero attached hydrogens (tertiary/aromatic N) is 5. The molecule has 1 saturated heterocycles. The summed E-state index contributed by atoms with van der Waals surface area (Å²) in [5.41, 5.74) is 1.87. The Balaban J connectivity index is 1.64. The van der Waals surface area contributed by atoms with Crippen molar-refractivity contribution in [2.45, 2.75) is 6.92 Å². The third-order valence-corrected chi connectivity index (χ3v) is 4.35. The molecule has 0 bridgehead atoms. The van der Waals surface area contributed by atoms with Crippen molar-refractivity contribution in [2.24, 2.45) is 0 Å². The van der Waals surface area contributed by atoms with Gasteiger partial charge in [0.15, 0.2) is 0 Å². The number of piperazine rings is 1. The fourth-order valence-electron chi connectivity index (χ4n) is 2.85. The smallest absolute Gasteiger partial charge is 0.225 e. The van der Waals surface area contributed by atoms with E-state index in [-0.39, 0.29) is 0 Å². The second-order valence-corrected chi connectivity index (χ2v) is 6.31. The van der Waals surface area contributed by atoms with E-state index in [2.05, 4.69) is 42.4 Å². The summed E-state index contributed by atoms with van der Waals surface area (Å²) in [5, 5.41) is 6.65. The summed E-state index contributed by atoms with van der Waals surface area (Å²) in [6.45, 7) is 9.27. The van der Waals surface area contributed by atoms with Crippen LogP contribution in [0.3, 0.4) is 0 Å². The van der Waals surface area contributed by atoms with E-state index >= 15 is 0 Å². The summed E-state index contributed by atoms with van der Waals surface area (Å²) < 4.78 is 0. The zero-order valence-electron chi connectivity index (χ0n) is 15.1. The fourth-order valence-corrected chi connectivity index (χ4v) is 2.85. The first-order valence-corrected chi connectivity index (χ1v) is 8.92. The summed E-state index contributed by atoms with van der Waals surface area (Å²) in [6, 6.07) is 5.92. The molecular formula is C18H27N7. The predicted octanol–water partition coefficient (Wildman–Crippen LogP) is 1.63. The Morgan fingerprint density at radius 2 is 1.96 bits per heavy atom. The Labute approximate surface area is 149 Å². The van der Waals surface area contributed by atoms with Gasteiger partial charge in [-0.05, 0) is 26.1 Å². The van der Waals surface area contributed by atoms with Gasteiger partial charge in [-0.25, -0.2) is 4.98 Å². The van der Waals surface area contributed by atoms with E-state index in [1.54, 1.807) is 6.20 Å². The number of nitrogens with one attached hydrogen (secondary N) is 2. The van der Waals surface area contributed by atoms with E-state index in [1.165, 1.54) is 0 Å². The summed E-state index contributed by atoms with van der Waals surface area (Å²) >= 11 is 0. The van der Waals surface area contributed by atoms with Crippen LogP contribution in [0.2, 0.25) is 0 Å². The zero-order chi connectivity index (χ0) is 17.5. The Hall–Kier alpha value is -2.25. The monoisotopic (exact) mass is 341 g/mol. The lowest BCUT2D eigenvalue weighted by Crippen LogP contribution is -2.45. The lowest BCUT2D eigenvalue weighted by molar-refractivity contribution is 0.158. The van der Waals surface area contributed by atoms with Crippen LogP contribution in [0.25, 0.3) is 11.3 Å². The third kappa shape index (κ3) is 5.11. The van der Waals surface area contributed by atoms with Gasteiger partial charge in [0.25, 0.3) is 0 Å². The van der Waals surface area contributed by atoms with Crippen LogP contribution >= 0.6 is 0 Å². The predicted molar refractivity (Wildman–Crippen MR) is 102 cm³/mol. The van der Waals surface area contributed by atoms with Crippen molar-refractivity contribution in [3.63, 3.8) is 0 Å². The second kappa shape index (κ2) is 8.73. The molecule has 7 heteroatoms. The van der Waals surface area contributed by atoms with Crippen LogP contribution in [0.5, 0.6) is 0 Å². The maximum Gasteiger partial charge on any atom is 0.225 e. The van der Waals surface area contributed by atoms with Crippen LogP contribution in [0, 0.1) is 0 Å². The molecule has 1 aliphatic rings. The molecule has 3 rings (SSSR count). The third-order valence-electron chi connectivity index (χ3n) is 4.35. The molecule has 0 radical (unpaired) electrons. The van der Waals surface area contributed by atoms with Crippen LogP contribution < -0.4 is 10.6 Å². The lowest BCUT2D eigenvalue weighted by Gasteiger charge is -2.32. The van der Waals surface area contributed by atoms with Gasteiger partial charge in [0.1, 0.15) is 5.82 Å². The maximum atomic E-state index is 4.58. The van der Waals surface area contributed by atoms with Gasteiger partial charge in [-0.3, -0.25) is 9.88 Å². The first-order valence-electron chi connectivity index (χ1n) is 8.92. The van der Waals surface area contributed by atoms with Gasteiger partial charge in [-0.1, -0.05) is 0 Å². The van der Waals surface area contributed by atoms with Crippen molar-refractivity contribution >= 4 is 11.8 Å². The first kappa shape index (κ1) is 17.6. The minimum atomic E-state index is 0.644. The molecule has 2 N–H and O–H groups in total. The summed E-state index contributed by atoms with van der Waals surface area (Å²) in [6.07, 6.45) is 3.59. The van der Waals surface area contributed by atoms with Crippen molar-refractivity contribution in [2.75, 3.05) is 63.5 Å². The highest BCUT2D eigenvalue weighted by Crippen LogP contribution is 2.20. The van der Waals surface area contributed by atoms with Crippen LogP contribution in [-0.4, -0.2) is 77.6 Å². The number of pyridine rings is 1. The van der Waals surface area contributed by atoms with Gasteiger partial charge in [-0.2, -0.15) is 4.98 Å². The molecule has 134 valence electrons. The molecule has 2 aromatic heterocycles. The van der Waals surface area contributed by atoms with Crippen molar-refractivity contribution in [1.29, 1.82) is 0 Å². The molecule has 0 amide bonds. The van der Waals surface area contributed by atoms with Gasteiger partial charge in [-0.15, -0.1) is 0 Å². The van der Waals surface area contributed by atoms with E-state index in [0.717, 1.165) is 62.9 Å². The molecule has 0 aliphatic carbocycles. The molecular weight excluding hydrogens is 314 g/mol. The van der Waals surface area contributed by atoms with E-state index in [1.807, 2.05) is 31.3 Å². The van der Waals surface area contributed by atoms with Crippen molar-refractivity contribution in [3.8, 4) is 11.3 Å². The highest BCUT2D eigenvalue weighted by atomic mass is 15.3. The Bertz CT molecular complexity index is 654. The largest absolute Gasteiger partial charge is 0.369 e. The highest BCUT2D eigenvalue weighted by molar-refractivity contribution is 5.63. The van der Waals surface area contributed by atoms with Crippen LogP contribution in [-0.2, 0) is 0 Å². The summed E-state index contributed by atoms with van der Waals surface area (Å²) in [5.74, 6) is 1.49. The lowest BCUT2D eigenvalue weighted by atomic mass is 10.2. The molecule has 25 heavy (non-hydrogen) atoms. The van der Waals surface area contributed by atoms with Crippen LogP contribution in [0.1, 0.15) is 6.92 Å². The molecule has 7 nitrogen and oxygen atoms in total. The quantitative estimate of drug-likeness (QED) is 0.793. The SMILES string of the molecule is CCNc1nc(NCCN2CCN(C)CC2)cc(-c2cccnc2)n1. The number of anilines is 2. The minimum absolute atomic E-state index is 0.644. The molecule has 0 spiro atoms. The standard InChI is InChI=1S/C18H27N7/c1-3-20-18-22-16(15-5-4-6-19-14-15)13-17(23-18)21-7-8-25-11-9-24(2)10-12-25/h4-6,13-14H,3,7-12H2,1-2H3,(H2,20,21,22,23). The van der Waals surface area contributed by atoms with Gasteiger partial charge in [0.2, 0.25) is 5.95 Å². The Kier molecular flexibility index (Phi) is 6.14. The molecule has 0 saturated carbocycles. The molecule has 0 unspecified atom stereocenters. The van der Waals surface area contributed by atoms with E-state index in [4.69, 9.17) is 0 Å². The van der Waals surface area contributed by atoms with Crippen LogP contribution in [0.15, 0.2) is 30.6 Å². The minimum Gasteiger partial charge on any atom is -0.369 e. The van der Waals surface area contributed by atoms with Crippen molar-refractivity contribution in [1.82, 2.24) is 24.8 Å². The number of likely N-dealkylation sites (N-methyl/N-ethyl adjacent to an activating group) is 1. The fraction of sp³-hybridized carbons (Fsp3) is 0.500.